The summed E-state index contributed by atoms with van der Waals surface area (Å²) in [6, 6.07) is 6.35. The van der Waals surface area contributed by atoms with Crippen molar-refractivity contribution in [1.29, 1.82) is 0 Å². The van der Waals surface area contributed by atoms with Crippen LogP contribution in [0.3, 0.4) is 0 Å². The lowest BCUT2D eigenvalue weighted by atomic mass is 10.1. The van der Waals surface area contributed by atoms with Gasteiger partial charge in [0, 0.05) is 29.9 Å². The Balaban J connectivity index is 1.46. The fourth-order valence-electron chi connectivity index (χ4n) is 4.10. The van der Waals surface area contributed by atoms with Gasteiger partial charge in [-0.25, -0.2) is 19.5 Å². The van der Waals surface area contributed by atoms with Gasteiger partial charge >= 0.3 is 10.3 Å². The van der Waals surface area contributed by atoms with Gasteiger partial charge in [0.25, 0.3) is 0 Å². The Morgan fingerprint density at radius 3 is 2.91 bits per heavy atom. The number of hydrogen-bond acceptors (Lipinski definition) is 9. The van der Waals surface area contributed by atoms with Crippen LogP contribution in [-0.4, -0.2) is 57.8 Å². The predicted molar refractivity (Wildman–Crippen MR) is 123 cm³/mol. The van der Waals surface area contributed by atoms with E-state index in [4.69, 9.17) is 5.14 Å². The summed E-state index contributed by atoms with van der Waals surface area (Å²) >= 11 is 0. The molecular weight excluding hydrogens is 479 g/mol. The minimum absolute atomic E-state index is 0.141. The first-order valence-electron chi connectivity index (χ1n) is 10.8. The Morgan fingerprint density at radius 1 is 1.34 bits per heavy atom. The molecule has 0 bridgehead atoms. The summed E-state index contributed by atoms with van der Waals surface area (Å²) in [7, 11) is -4.11. The fourth-order valence-corrected chi connectivity index (χ4v) is 4.46. The van der Waals surface area contributed by atoms with Gasteiger partial charge in [-0.3, -0.25) is 13.7 Å². The second-order valence-corrected chi connectivity index (χ2v) is 9.70. The lowest BCUT2D eigenvalue weighted by molar-refractivity contribution is 0.101. The highest BCUT2D eigenvalue weighted by Crippen LogP contribution is 2.30. The number of carbonyl (C=O) groups is 1. The molecule has 0 spiro atoms. The highest BCUT2D eigenvalue weighted by atomic mass is 32.2. The van der Waals surface area contributed by atoms with Crippen LogP contribution in [-0.2, 0) is 21.0 Å². The first-order valence-corrected chi connectivity index (χ1v) is 12.3. The number of hydrogen-bond donors (Lipinski definition) is 3. The molecular formula is C22H25FN6O5S. The molecule has 186 valence electrons. The van der Waals surface area contributed by atoms with E-state index >= 15 is 0 Å². The number of aliphatic hydroxyl groups is 1. The number of anilines is 1. The van der Waals surface area contributed by atoms with Crippen LogP contribution >= 0.6 is 0 Å². The first-order chi connectivity index (χ1) is 16.6. The zero-order valence-electron chi connectivity index (χ0n) is 18.8. The van der Waals surface area contributed by atoms with Crippen LogP contribution in [0, 0.1) is 18.7 Å². The van der Waals surface area contributed by atoms with Crippen molar-refractivity contribution in [2.75, 3.05) is 11.9 Å². The molecule has 0 radical (unpaired) electrons. The van der Waals surface area contributed by atoms with Crippen molar-refractivity contribution in [2.24, 2.45) is 11.1 Å². The first kappa shape index (κ1) is 24.9. The molecule has 2 aromatic heterocycles. The molecule has 3 atom stereocenters. The van der Waals surface area contributed by atoms with Crippen LogP contribution in [0.2, 0.25) is 0 Å². The number of aryl methyl sites for hydroxylation is 1. The van der Waals surface area contributed by atoms with Crippen LogP contribution in [0.15, 0.2) is 43.0 Å². The summed E-state index contributed by atoms with van der Waals surface area (Å²) in [5.74, 6) is -0.936. The molecule has 0 aliphatic heterocycles. The van der Waals surface area contributed by atoms with Crippen LogP contribution in [0.5, 0.6) is 0 Å². The van der Waals surface area contributed by atoms with Gasteiger partial charge in [-0.05, 0) is 31.4 Å². The van der Waals surface area contributed by atoms with Crippen molar-refractivity contribution in [1.82, 2.24) is 19.7 Å². The quantitative estimate of drug-likeness (QED) is 0.363. The molecule has 0 amide bonds. The Labute approximate surface area is 201 Å². The molecule has 1 saturated carbocycles. The van der Waals surface area contributed by atoms with E-state index in [0.29, 0.717) is 24.0 Å². The maximum absolute atomic E-state index is 14.3. The van der Waals surface area contributed by atoms with Crippen molar-refractivity contribution in [3.05, 3.63) is 71.2 Å². The number of nitrogens with two attached hydrogens (primary N) is 1. The molecule has 4 rings (SSSR count). The van der Waals surface area contributed by atoms with E-state index in [2.05, 4.69) is 24.6 Å². The van der Waals surface area contributed by atoms with Gasteiger partial charge in [-0.1, -0.05) is 18.2 Å². The van der Waals surface area contributed by atoms with Crippen molar-refractivity contribution in [2.45, 2.75) is 38.5 Å². The molecule has 1 aromatic carbocycles. The highest BCUT2D eigenvalue weighted by molar-refractivity contribution is 7.84. The Morgan fingerprint density at radius 2 is 2.14 bits per heavy atom. The number of benzene rings is 1. The SMILES string of the molecule is Cc1cccc(Cn2ccc(C(=O)c3cncnc3N[C@@H]3C[C@H](COS(N)(=O)=O)[C@@H](O)C3)n2)c1F. The zero-order chi connectivity index (χ0) is 25.2. The number of aliphatic hydroxyl groups excluding tert-OH is 1. The van der Waals surface area contributed by atoms with E-state index in [9.17, 15) is 22.7 Å². The van der Waals surface area contributed by atoms with E-state index < -0.39 is 28.1 Å². The van der Waals surface area contributed by atoms with E-state index in [0.717, 1.165) is 0 Å². The summed E-state index contributed by atoms with van der Waals surface area (Å²) in [4.78, 5) is 21.3. The maximum atomic E-state index is 14.3. The average Bonchev–Trinajstić information content (AvgIpc) is 3.41. The molecule has 11 nitrogen and oxygen atoms in total. The number of nitrogens with zero attached hydrogens (tertiary/aromatic N) is 4. The summed E-state index contributed by atoms with van der Waals surface area (Å²) in [6.45, 7) is 1.60. The Kier molecular flexibility index (Phi) is 7.21. The maximum Gasteiger partial charge on any atom is 0.333 e. The third-order valence-electron chi connectivity index (χ3n) is 5.88. The lowest BCUT2D eigenvalue weighted by Gasteiger charge is -2.15. The molecule has 1 fully saturated rings. The second-order valence-electron chi connectivity index (χ2n) is 8.48. The largest absolute Gasteiger partial charge is 0.393 e. The van der Waals surface area contributed by atoms with Crippen molar-refractivity contribution in [3.63, 3.8) is 0 Å². The summed E-state index contributed by atoms with van der Waals surface area (Å²) in [5, 5.41) is 22.5. The van der Waals surface area contributed by atoms with E-state index in [-0.39, 0.29) is 42.1 Å². The second kappa shape index (κ2) is 10.2. The van der Waals surface area contributed by atoms with Gasteiger partial charge < -0.3 is 10.4 Å². The number of carbonyl (C=O) groups excluding carboxylic acids is 1. The van der Waals surface area contributed by atoms with Crippen molar-refractivity contribution < 1.29 is 26.9 Å². The monoisotopic (exact) mass is 504 g/mol. The number of ketones is 1. The molecule has 4 N–H and O–H groups in total. The number of halogens is 1. The van der Waals surface area contributed by atoms with Crippen LogP contribution in [0.4, 0.5) is 10.2 Å². The Bertz CT molecular complexity index is 1330. The zero-order valence-corrected chi connectivity index (χ0v) is 19.7. The van der Waals surface area contributed by atoms with Crippen molar-refractivity contribution in [3.8, 4) is 0 Å². The standard InChI is InChI=1S/C22H25FN6O5S/c1-13-3-2-4-14(20(13)23)10-29-6-5-18(28-29)21(31)17-9-25-12-26-22(17)27-16-7-15(19(30)8-16)11-34-35(24,32)33/h2-6,9,12,15-16,19,30H,7-8,10-11H2,1H3,(H2,24,32,33)(H,25,26,27)/t15-,16-,19+/m1/s1. The molecule has 1 aliphatic carbocycles. The third kappa shape index (κ3) is 6.06. The molecule has 3 aromatic rings. The summed E-state index contributed by atoms with van der Waals surface area (Å²) < 4.78 is 42.5. The molecule has 2 heterocycles. The van der Waals surface area contributed by atoms with Crippen LogP contribution in [0.1, 0.15) is 40.0 Å². The topological polar surface area (TPSA) is 162 Å². The third-order valence-corrected chi connectivity index (χ3v) is 6.34. The van der Waals surface area contributed by atoms with E-state index in [1.165, 1.54) is 23.3 Å². The number of rotatable bonds is 9. The minimum Gasteiger partial charge on any atom is -0.393 e. The molecule has 0 unspecified atom stereocenters. The van der Waals surface area contributed by atoms with Gasteiger partial charge in [0.15, 0.2) is 0 Å². The predicted octanol–water partition coefficient (Wildman–Crippen LogP) is 1.17. The summed E-state index contributed by atoms with van der Waals surface area (Å²) in [6.07, 6.45) is 4.11. The number of aromatic nitrogens is 4. The van der Waals surface area contributed by atoms with Gasteiger partial charge in [-0.15, -0.1) is 0 Å². The molecule has 1 aliphatic rings. The Hall–Kier alpha value is -3.26. The molecule has 13 heteroatoms. The molecule has 0 saturated heterocycles. The fraction of sp³-hybridized carbons (Fsp3) is 0.364. The highest BCUT2D eigenvalue weighted by Gasteiger charge is 2.34. The van der Waals surface area contributed by atoms with Crippen LogP contribution < -0.4 is 10.5 Å². The van der Waals surface area contributed by atoms with Gasteiger partial charge in [0.2, 0.25) is 5.78 Å². The number of nitrogens with one attached hydrogen (secondary N) is 1. The normalized spacial score (nSPS) is 20.2. The van der Waals surface area contributed by atoms with Gasteiger partial charge in [-0.2, -0.15) is 13.5 Å². The smallest absolute Gasteiger partial charge is 0.333 e. The van der Waals surface area contributed by atoms with E-state index in [1.54, 1.807) is 31.3 Å². The minimum atomic E-state index is -4.11. The van der Waals surface area contributed by atoms with Crippen molar-refractivity contribution >= 4 is 21.9 Å². The molecule has 35 heavy (non-hydrogen) atoms. The summed E-state index contributed by atoms with van der Waals surface area (Å²) in [5.41, 5.74) is 1.30. The van der Waals surface area contributed by atoms with Gasteiger partial charge in [0.05, 0.1) is 24.8 Å². The van der Waals surface area contributed by atoms with Gasteiger partial charge in [0.1, 0.15) is 23.7 Å². The average molecular weight is 505 g/mol. The lowest BCUT2D eigenvalue weighted by Crippen LogP contribution is -2.24. The van der Waals surface area contributed by atoms with Crippen LogP contribution in [0.25, 0.3) is 0 Å². The van der Waals surface area contributed by atoms with E-state index in [1.807, 2.05) is 0 Å².